The first-order valence-corrected chi connectivity index (χ1v) is 7.55. The summed E-state index contributed by atoms with van der Waals surface area (Å²) in [6.07, 6.45) is 12.1. The summed E-state index contributed by atoms with van der Waals surface area (Å²) in [5.41, 5.74) is 2.33. The van der Waals surface area contributed by atoms with E-state index < -0.39 is 0 Å². The van der Waals surface area contributed by atoms with Crippen molar-refractivity contribution in [1.82, 2.24) is 20.2 Å². The number of para-hydroxylation sites is 1. The van der Waals surface area contributed by atoms with Crippen LogP contribution in [0.5, 0.6) is 0 Å². The summed E-state index contributed by atoms with van der Waals surface area (Å²) in [4.78, 5) is 8.43. The number of aliphatic imine (C=N–C) groups is 1. The molecule has 0 atom stereocenters. The van der Waals surface area contributed by atoms with Gasteiger partial charge in [-0.05, 0) is 24.5 Å². The van der Waals surface area contributed by atoms with Gasteiger partial charge < -0.3 is 15.2 Å². The standard InChI is InChI=1S/C17H21N5.HI/c1-18-17(21-15-7-3-4-8-15)20-12-14-6-2-5-9-16(14)22-11-10-19-13-22;/h2-6,9-11,13,15H,7-8,12H2,1H3,(H2,18,20,21);1H. The lowest BCUT2D eigenvalue weighted by molar-refractivity contribution is 0.633. The van der Waals surface area contributed by atoms with Crippen LogP contribution in [0.25, 0.3) is 5.69 Å². The highest BCUT2D eigenvalue weighted by molar-refractivity contribution is 14.0. The van der Waals surface area contributed by atoms with E-state index in [2.05, 4.69) is 51.0 Å². The number of guanidine groups is 1. The molecule has 3 rings (SSSR count). The maximum Gasteiger partial charge on any atom is 0.191 e. The fourth-order valence-corrected chi connectivity index (χ4v) is 2.62. The first-order chi connectivity index (χ1) is 10.9. The minimum Gasteiger partial charge on any atom is -0.353 e. The van der Waals surface area contributed by atoms with Crippen LogP contribution in [0.1, 0.15) is 18.4 Å². The molecule has 23 heavy (non-hydrogen) atoms. The van der Waals surface area contributed by atoms with E-state index in [0.717, 1.165) is 24.5 Å². The van der Waals surface area contributed by atoms with Crippen molar-refractivity contribution in [2.75, 3.05) is 7.05 Å². The summed E-state index contributed by atoms with van der Waals surface area (Å²) in [5, 5.41) is 6.84. The molecule has 0 amide bonds. The van der Waals surface area contributed by atoms with Gasteiger partial charge in [-0.15, -0.1) is 24.0 Å². The number of rotatable bonds is 4. The molecule has 0 saturated heterocycles. The second-order valence-electron chi connectivity index (χ2n) is 5.31. The lowest BCUT2D eigenvalue weighted by atomic mass is 10.1. The number of hydrogen-bond acceptors (Lipinski definition) is 2. The highest BCUT2D eigenvalue weighted by Gasteiger charge is 2.12. The molecule has 0 unspecified atom stereocenters. The zero-order valence-electron chi connectivity index (χ0n) is 13.1. The number of benzene rings is 1. The van der Waals surface area contributed by atoms with E-state index in [1.54, 1.807) is 13.2 Å². The molecule has 0 aliphatic heterocycles. The SMILES string of the molecule is CN=C(NCc1ccccc1-n1ccnc1)NC1CC=CC1.I. The number of aromatic nitrogens is 2. The van der Waals surface area contributed by atoms with Crippen molar-refractivity contribution in [3.05, 3.63) is 60.7 Å². The quantitative estimate of drug-likeness (QED) is 0.344. The molecule has 1 aromatic heterocycles. The van der Waals surface area contributed by atoms with Gasteiger partial charge in [-0.2, -0.15) is 0 Å². The van der Waals surface area contributed by atoms with E-state index >= 15 is 0 Å². The van der Waals surface area contributed by atoms with Crippen LogP contribution in [0.15, 0.2) is 60.1 Å². The Kier molecular flexibility index (Phi) is 6.64. The van der Waals surface area contributed by atoms with Crippen LogP contribution in [0.4, 0.5) is 0 Å². The first kappa shape index (κ1) is 17.5. The molecular formula is C17H22IN5. The van der Waals surface area contributed by atoms with Gasteiger partial charge in [0.05, 0.1) is 12.0 Å². The Labute approximate surface area is 153 Å². The van der Waals surface area contributed by atoms with E-state index in [9.17, 15) is 0 Å². The van der Waals surface area contributed by atoms with Gasteiger partial charge in [-0.3, -0.25) is 4.99 Å². The van der Waals surface area contributed by atoms with Gasteiger partial charge in [0, 0.05) is 32.0 Å². The molecule has 1 heterocycles. The fourth-order valence-electron chi connectivity index (χ4n) is 2.62. The number of nitrogens with zero attached hydrogens (tertiary/aromatic N) is 3. The normalized spacial score (nSPS) is 14.6. The van der Waals surface area contributed by atoms with Gasteiger partial charge >= 0.3 is 0 Å². The Morgan fingerprint density at radius 2 is 2.09 bits per heavy atom. The van der Waals surface area contributed by atoms with Crippen molar-refractivity contribution in [3.8, 4) is 5.69 Å². The van der Waals surface area contributed by atoms with Gasteiger partial charge in [0.15, 0.2) is 5.96 Å². The highest BCUT2D eigenvalue weighted by Crippen LogP contribution is 2.14. The molecule has 0 fully saturated rings. The van der Waals surface area contributed by atoms with E-state index in [1.807, 2.05) is 23.2 Å². The van der Waals surface area contributed by atoms with Crippen molar-refractivity contribution < 1.29 is 0 Å². The zero-order valence-corrected chi connectivity index (χ0v) is 15.5. The van der Waals surface area contributed by atoms with E-state index in [0.29, 0.717) is 12.6 Å². The largest absolute Gasteiger partial charge is 0.353 e. The van der Waals surface area contributed by atoms with Crippen LogP contribution in [-0.2, 0) is 6.54 Å². The molecule has 0 radical (unpaired) electrons. The monoisotopic (exact) mass is 423 g/mol. The van der Waals surface area contributed by atoms with Crippen molar-refractivity contribution in [3.63, 3.8) is 0 Å². The topological polar surface area (TPSA) is 54.2 Å². The van der Waals surface area contributed by atoms with Crippen molar-refractivity contribution in [2.45, 2.75) is 25.4 Å². The summed E-state index contributed by atoms with van der Waals surface area (Å²) < 4.78 is 2.02. The second-order valence-corrected chi connectivity index (χ2v) is 5.31. The minimum atomic E-state index is 0. The van der Waals surface area contributed by atoms with Gasteiger partial charge in [-0.25, -0.2) is 4.98 Å². The van der Waals surface area contributed by atoms with Crippen molar-refractivity contribution in [2.24, 2.45) is 4.99 Å². The Bertz CT molecular complexity index is 655. The zero-order chi connectivity index (χ0) is 15.2. The first-order valence-electron chi connectivity index (χ1n) is 7.55. The fraction of sp³-hybridized carbons (Fsp3) is 0.294. The predicted octanol–water partition coefficient (Wildman–Crippen LogP) is 2.87. The molecule has 1 aromatic carbocycles. The van der Waals surface area contributed by atoms with Crippen LogP contribution in [0, 0.1) is 0 Å². The average Bonchev–Trinajstić information content (AvgIpc) is 3.25. The Hall–Kier alpha value is -1.83. The molecule has 0 saturated carbocycles. The van der Waals surface area contributed by atoms with Gasteiger partial charge in [0.2, 0.25) is 0 Å². The average molecular weight is 423 g/mol. The third-order valence-corrected chi connectivity index (χ3v) is 3.79. The van der Waals surface area contributed by atoms with Crippen LogP contribution in [0.2, 0.25) is 0 Å². The summed E-state index contributed by atoms with van der Waals surface area (Å²) in [6.45, 7) is 0.716. The minimum absolute atomic E-state index is 0. The Balaban J connectivity index is 0.00000192. The van der Waals surface area contributed by atoms with Crippen molar-refractivity contribution >= 4 is 29.9 Å². The third kappa shape index (κ3) is 4.57. The Morgan fingerprint density at radius 3 is 2.78 bits per heavy atom. The number of nitrogens with one attached hydrogen (secondary N) is 2. The second kappa shape index (κ2) is 8.71. The molecule has 6 heteroatoms. The summed E-state index contributed by atoms with van der Waals surface area (Å²) in [5.74, 6) is 0.842. The highest BCUT2D eigenvalue weighted by atomic mass is 127. The summed E-state index contributed by atoms with van der Waals surface area (Å²) in [6, 6.07) is 8.75. The number of halogens is 1. The van der Waals surface area contributed by atoms with Crippen LogP contribution >= 0.6 is 24.0 Å². The van der Waals surface area contributed by atoms with Crippen LogP contribution < -0.4 is 10.6 Å². The lowest BCUT2D eigenvalue weighted by Gasteiger charge is -2.18. The van der Waals surface area contributed by atoms with Crippen molar-refractivity contribution in [1.29, 1.82) is 0 Å². The molecule has 2 N–H and O–H groups in total. The van der Waals surface area contributed by atoms with E-state index in [-0.39, 0.29) is 24.0 Å². The number of hydrogen-bond donors (Lipinski definition) is 2. The summed E-state index contributed by atoms with van der Waals surface area (Å²) in [7, 11) is 1.81. The molecule has 1 aliphatic carbocycles. The molecule has 5 nitrogen and oxygen atoms in total. The van der Waals surface area contributed by atoms with Gasteiger partial charge in [-0.1, -0.05) is 30.4 Å². The van der Waals surface area contributed by atoms with Crippen LogP contribution in [0.3, 0.4) is 0 Å². The molecule has 2 aromatic rings. The predicted molar refractivity (Wildman–Crippen MR) is 104 cm³/mol. The van der Waals surface area contributed by atoms with E-state index in [1.165, 1.54) is 5.56 Å². The van der Waals surface area contributed by atoms with E-state index in [4.69, 9.17) is 0 Å². The molecule has 0 spiro atoms. The number of imidazole rings is 1. The van der Waals surface area contributed by atoms with Crippen LogP contribution in [-0.4, -0.2) is 28.6 Å². The molecular weight excluding hydrogens is 401 g/mol. The summed E-state index contributed by atoms with van der Waals surface area (Å²) >= 11 is 0. The third-order valence-electron chi connectivity index (χ3n) is 3.79. The maximum absolute atomic E-state index is 4.31. The molecule has 1 aliphatic rings. The maximum atomic E-state index is 4.31. The molecule has 122 valence electrons. The molecule has 0 bridgehead atoms. The van der Waals surface area contributed by atoms with Gasteiger partial charge in [0.25, 0.3) is 0 Å². The Morgan fingerprint density at radius 1 is 1.30 bits per heavy atom. The van der Waals surface area contributed by atoms with Gasteiger partial charge in [0.1, 0.15) is 0 Å². The lowest BCUT2D eigenvalue weighted by Crippen LogP contribution is -2.42. The smallest absolute Gasteiger partial charge is 0.191 e.